The Bertz CT molecular complexity index is 842. The first kappa shape index (κ1) is 16.8. The average molecular weight is 361 g/mol. The number of benzene rings is 1. The lowest BCUT2D eigenvalue weighted by atomic mass is 10.2. The zero-order valence-electron chi connectivity index (χ0n) is 13.8. The first-order chi connectivity index (χ1) is 11.5. The van der Waals surface area contributed by atoms with Crippen LogP contribution in [-0.4, -0.2) is 31.7 Å². The first-order valence-electron chi connectivity index (χ1n) is 7.67. The van der Waals surface area contributed by atoms with E-state index in [1.807, 2.05) is 23.6 Å². The summed E-state index contributed by atoms with van der Waals surface area (Å²) >= 11 is 2.84. The van der Waals surface area contributed by atoms with Crippen LogP contribution in [0.5, 0.6) is 0 Å². The Kier molecular flexibility index (Phi) is 5.06. The van der Waals surface area contributed by atoms with E-state index in [-0.39, 0.29) is 6.03 Å². The summed E-state index contributed by atoms with van der Waals surface area (Å²) in [5.41, 5.74) is 3.68. The molecule has 2 aromatic heterocycles. The van der Waals surface area contributed by atoms with Crippen LogP contribution in [0.2, 0.25) is 0 Å². The summed E-state index contributed by atoms with van der Waals surface area (Å²) in [5, 5.41) is 6.04. The molecule has 1 aromatic carbocycles. The van der Waals surface area contributed by atoms with Crippen LogP contribution in [0.4, 0.5) is 4.79 Å². The zero-order chi connectivity index (χ0) is 17.1. The number of nitrogens with one attached hydrogen (secondary N) is 1. The normalized spacial score (nSPS) is 11.2. The summed E-state index contributed by atoms with van der Waals surface area (Å²) in [4.78, 5) is 18.4. The molecule has 0 fully saturated rings. The molecular formula is C16H19N5OS2. The van der Waals surface area contributed by atoms with Gasteiger partial charge in [-0.1, -0.05) is 19.9 Å². The van der Waals surface area contributed by atoms with Crippen LogP contribution < -0.4 is 5.32 Å². The standard InChI is InChI=1S/C16H19N5OS2/c1-10(2)15-18-12(9-23-15)8-21(3)16(22)17-7-11-4-5-13-14(6-11)20-24-19-13/h4-6,9-10H,7-8H2,1-3H3,(H,17,22). The molecule has 126 valence electrons. The number of rotatable bonds is 5. The highest BCUT2D eigenvalue weighted by atomic mass is 32.1. The summed E-state index contributed by atoms with van der Waals surface area (Å²) in [5.74, 6) is 0.415. The molecule has 0 spiro atoms. The lowest BCUT2D eigenvalue weighted by Crippen LogP contribution is -2.36. The van der Waals surface area contributed by atoms with Crippen molar-refractivity contribution in [2.45, 2.75) is 32.9 Å². The van der Waals surface area contributed by atoms with E-state index in [0.29, 0.717) is 19.0 Å². The summed E-state index contributed by atoms with van der Waals surface area (Å²) < 4.78 is 8.39. The second kappa shape index (κ2) is 7.23. The third-order valence-electron chi connectivity index (χ3n) is 3.57. The van der Waals surface area contributed by atoms with Gasteiger partial charge in [-0.2, -0.15) is 8.75 Å². The molecule has 8 heteroatoms. The fourth-order valence-corrected chi connectivity index (χ4v) is 3.57. The molecule has 0 saturated heterocycles. The van der Waals surface area contributed by atoms with Gasteiger partial charge in [-0.15, -0.1) is 11.3 Å². The zero-order valence-corrected chi connectivity index (χ0v) is 15.4. The molecule has 6 nitrogen and oxygen atoms in total. The number of hydrogen-bond donors (Lipinski definition) is 1. The predicted octanol–water partition coefficient (Wildman–Crippen LogP) is 3.61. The van der Waals surface area contributed by atoms with Crippen molar-refractivity contribution < 1.29 is 4.79 Å². The summed E-state index contributed by atoms with van der Waals surface area (Å²) in [6, 6.07) is 5.71. The van der Waals surface area contributed by atoms with Gasteiger partial charge in [0.1, 0.15) is 11.0 Å². The summed E-state index contributed by atoms with van der Waals surface area (Å²) in [7, 11) is 1.78. The number of hydrogen-bond acceptors (Lipinski definition) is 6. The molecule has 0 saturated carbocycles. The van der Waals surface area contributed by atoms with Gasteiger partial charge < -0.3 is 10.2 Å². The monoisotopic (exact) mass is 361 g/mol. The predicted molar refractivity (Wildman–Crippen MR) is 97.3 cm³/mol. The number of nitrogens with zero attached hydrogens (tertiary/aromatic N) is 4. The van der Waals surface area contributed by atoms with E-state index in [2.05, 4.69) is 32.9 Å². The fourth-order valence-electron chi connectivity index (χ4n) is 2.23. The molecule has 0 aliphatic rings. The van der Waals surface area contributed by atoms with Crippen LogP contribution in [0.3, 0.4) is 0 Å². The van der Waals surface area contributed by atoms with Crippen molar-refractivity contribution in [3.63, 3.8) is 0 Å². The summed E-state index contributed by atoms with van der Waals surface area (Å²) in [6.07, 6.45) is 0. The quantitative estimate of drug-likeness (QED) is 0.753. The molecule has 24 heavy (non-hydrogen) atoms. The van der Waals surface area contributed by atoms with Gasteiger partial charge in [0.05, 0.1) is 29.0 Å². The van der Waals surface area contributed by atoms with E-state index in [1.54, 1.807) is 23.3 Å². The van der Waals surface area contributed by atoms with Gasteiger partial charge in [-0.05, 0) is 17.7 Å². The maximum absolute atomic E-state index is 12.2. The van der Waals surface area contributed by atoms with Gasteiger partial charge in [0.15, 0.2) is 0 Å². The van der Waals surface area contributed by atoms with Crippen molar-refractivity contribution in [2.24, 2.45) is 0 Å². The molecule has 0 bridgehead atoms. The molecule has 0 aliphatic heterocycles. The Morgan fingerprint density at radius 1 is 1.29 bits per heavy atom. The van der Waals surface area contributed by atoms with Gasteiger partial charge in [0, 0.05) is 24.9 Å². The smallest absolute Gasteiger partial charge is 0.317 e. The first-order valence-corrected chi connectivity index (χ1v) is 9.28. The minimum atomic E-state index is -0.120. The third-order valence-corrected chi connectivity index (χ3v) is 5.32. The molecule has 2 heterocycles. The Hall–Kier alpha value is -2.06. The highest BCUT2D eigenvalue weighted by Crippen LogP contribution is 2.19. The third kappa shape index (κ3) is 3.88. The fraction of sp³-hybridized carbons (Fsp3) is 0.375. The van der Waals surface area contributed by atoms with E-state index in [9.17, 15) is 4.79 Å². The maximum atomic E-state index is 12.2. The molecule has 0 radical (unpaired) electrons. The second-order valence-corrected chi connectivity index (χ2v) is 7.35. The number of carbonyl (C=O) groups excluding carboxylic acids is 1. The number of aromatic nitrogens is 3. The van der Waals surface area contributed by atoms with Crippen LogP contribution in [-0.2, 0) is 13.1 Å². The number of urea groups is 1. The topological polar surface area (TPSA) is 71.0 Å². The molecule has 0 atom stereocenters. The lowest BCUT2D eigenvalue weighted by molar-refractivity contribution is 0.206. The molecular weight excluding hydrogens is 342 g/mol. The van der Waals surface area contributed by atoms with E-state index >= 15 is 0 Å². The average Bonchev–Trinajstić information content (AvgIpc) is 3.20. The number of fused-ring (bicyclic) bond motifs is 1. The lowest BCUT2D eigenvalue weighted by Gasteiger charge is -2.17. The highest BCUT2D eigenvalue weighted by molar-refractivity contribution is 7.09. The van der Waals surface area contributed by atoms with Crippen molar-refractivity contribution in [3.05, 3.63) is 39.8 Å². The van der Waals surface area contributed by atoms with Crippen molar-refractivity contribution in [2.75, 3.05) is 7.05 Å². The van der Waals surface area contributed by atoms with Crippen molar-refractivity contribution in [1.82, 2.24) is 23.9 Å². The number of carbonyl (C=O) groups is 1. The molecule has 3 aromatic rings. The van der Waals surface area contributed by atoms with Gasteiger partial charge in [0.2, 0.25) is 0 Å². The Morgan fingerprint density at radius 2 is 2.08 bits per heavy atom. The van der Waals surface area contributed by atoms with Crippen LogP contribution in [0.25, 0.3) is 11.0 Å². The van der Waals surface area contributed by atoms with Crippen LogP contribution in [0.15, 0.2) is 23.6 Å². The Labute approximate surface area is 148 Å². The SMILES string of the molecule is CC(C)c1nc(CN(C)C(=O)NCc2ccc3nsnc3c2)cs1. The molecule has 2 amide bonds. The maximum Gasteiger partial charge on any atom is 0.317 e. The molecule has 0 unspecified atom stereocenters. The van der Waals surface area contributed by atoms with Gasteiger partial charge >= 0.3 is 6.03 Å². The Balaban J connectivity index is 1.55. The van der Waals surface area contributed by atoms with Crippen LogP contribution >= 0.6 is 23.1 Å². The van der Waals surface area contributed by atoms with E-state index in [4.69, 9.17) is 0 Å². The van der Waals surface area contributed by atoms with Crippen molar-refractivity contribution in [3.8, 4) is 0 Å². The number of amides is 2. The molecule has 1 N–H and O–H groups in total. The van der Waals surface area contributed by atoms with E-state index in [1.165, 1.54) is 11.7 Å². The van der Waals surface area contributed by atoms with Crippen LogP contribution in [0, 0.1) is 0 Å². The minimum Gasteiger partial charge on any atom is -0.334 e. The minimum absolute atomic E-state index is 0.120. The van der Waals surface area contributed by atoms with Gasteiger partial charge in [-0.25, -0.2) is 9.78 Å². The van der Waals surface area contributed by atoms with Gasteiger partial charge in [-0.3, -0.25) is 0 Å². The van der Waals surface area contributed by atoms with Crippen LogP contribution in [0.1, 0.15) is 36.0 Å². The summed E-state index contributed by atoms with van der Waals surface area (Å²) in [6.45, 7) is 5.20. The van der Waals surface area contributed by atoms with Gasteiger partial charge in [0.25, 0.3) is 0 Å². The van der Waals surface area contributed by atoms with E-state index < -0.39 is 0 Å². The highest BCUT2D eigenvalue weighted by Gasteiger charge is 2.12. The van der Waals surface area contributed by atoms with Crippen molar-refractivity contribution >= 4 is 40.1 Å². The number of thiazole rings is 1. The second-order valence-electron chi connectivity index (χ2n) is 5.93. The molecule has 3 rings (SSSR count). The molecule has 0 aliphatic carbocycles. The largest absolute Gasteiger partial charge is 0.334 e. The van der Waals surface area contributed by atoms with Crippen molar-refractivity contribution in [1.29, 1.82) is 0 Å². The van der Waals surface area contributed by atoms with E-state index in [0.717, 1.165) is 27.3 Å². The Morgan fingerprint density at radius 3 is 2.83 bits per heavy atom.